The van der Waals surface area contributed by atoms with Crippen LogP contribution in [0.3, 0.4) is 0 Å². The van der Waals surface area contributed by atoms with Crippen molar-refractivity contribution < 1.29 is 9.59 Å². The fraction of sp³-hybridized carbons (Fsp3) is 0.0667. The van der Waals surface area contributed by atoms with Crippen molar-refractivity contribution in [3.63, 3.8) is 0 Å². The highest BCUT2D eigenvalue weighted by Gasteiger charge is 2.38. The molecule has 0 bridgehead atoms. The molecule has 4 heteroatoms. The molecular formula is C15H8N2O2. The van der Waals surface area contributed by atoms with Gasteiger partial charge in [0.1, 0.15) is 12.0 Å². The number of carbonyl (C=O) groups excluding carboxylic acids is 2. The van der Waals surface area contributed by atoms with Gasteiger partial charge in [0.15, 0.2) is 5.78 Å². The highest BCUT2D eigenvalue weighted by molar-refractivity contribution is 6.41. The SMILES string of the molecule is O=C1C2=C(Cc3ccccc32)C(=O)c2ncncc21. The minimum Gasteiger partial charge on any atom is -0.288 e. The molecule has 0 amide bonds. The molecule has 0 N–H and O–H groups in total. The maximum absolute atomic E-state index is 12.5. The maximum Gasteiger partial charge on any atom is 0.209 e. The lowest BCUT2D eigenvalue weighted by Gasteiger charge is -2.14. The van der Waals surface area contributed by atoms with Crippen molar-refractivity contribution in [3.05, 3.63) is 64.7 Å². The van der Waals surface area contributed by atoms with E-state index in [1.54, 1.807) is 0 Å². The first-order chi connectivity index (χ1) is 9.27. The van der Waals surface area contributed by atoms with Crippen molar-refractivity contribution in [2.75, 3.05) is 0 Å². The fourth-order valence-corrected chi connectivity index (χ4v) is 2.77. The molecule has 0 saturated carbocycles. The molecule has 4 rings (SSSR count). The van der Waals surface area contributed by atoms with Crippen LogP contribution in [0.5, 0.6) is 0 Å². The van der Waals surface area contributed by atoms with E-state index in [2.05, 4.69) is 9.97 Å². The molecule has 0 fully saturated rings. The van der Waals surface area contributed by atoms with Gasteiger partial charge < -0.3 is 0 Å². The first-order valence-corrected chi connectivity index (χ1v) is 5.98. The monoisotopic (exact) mass is 248 g/mol. The van der Waals surface area contributed by atoms with Crippen LogP contribution in [0.15, 0.2) is 42.4 Å². The first-order valence-electron chi connectivity index (χ1n) is 5.98. The minimum absolute atomic E-state index is 0.143. The van der Waals surface area contributed by atoms with Gasteiger partial charge in [0.2, 0.25) is 5.78 Å². The van der Waals surface area contributed by atoms with Crippen molar-refractivity contribution >= 4 is 17.1 Å². The van der Waals surface area contributed by atoms with E-state index in [0.29, 0.717) is 23.1 Å². The van der Waals surface area contributed by atoms with Crippen molar-refractivity contribution in [2.45, 2.75) is 6.42 Å². The largest absolute Gasteiger partial charge is 0.288 e. The first kappa shape index (κ1) is 10.3. The minimum atomic E-state index is -0.150. The van der Waals surface area contributed by atoms with E-state index in [1.807, 2.05) is 24.3 Å². The van der Waals surface area contributed by atoms with Crippen molar-refractivity contribution in [1.29, 1.82) is 0 Å². The number of aromatic nitrogens is 2. The van der Waals surface area contributed by atoms with E-state index in [-0.39, 0.29) is 17.3 Å². The molecule has 2 aromatic rings. The summed E-state index contributed by atoms with van der Waals surface area (Å²) in [6.07, 6.45) is 3.24. The number of rotatable bonds is 0. The number of allylic oxidation sites excluding steroid dienone is 2. The summed E-state index contributed by atoms with van der Waals surface area (Å²) >= 11 is 0. The summed E-state index contributed by atoms with van der Waals surface area (Å²) < 4.78 is 0. The summed E-state index contributed by atoms with van der Waals surface area (Å²) in [6, 6.07) is 7.63. The summed E-state index contributed by atoms with van der Waals surface area (Å²) in [4.78, 5) is 32.7. The number of hydrogen-bond donors (Lipinski definition) is 0. The Morgan fingerprint density at radius 2 is 1.84 bits per heavy atom. The van der Waals surface area contributed by atoms with Gasteiger partial charge >= 0.3 is 0 Å². The quantitative estimate of drug-likeness (QED) is 0.714. The third-order valence-corrected chi connectivity index (χ3v) is 3.63. The van der Waals surface area contributed by atoms with E-state index >= 15 is 0 Å². The van der Waals surface area contributed by atoms with Gasteiger partial charge in [-0.15, -0.1) is 0 Å². The maximum atomic E-state index is 12.5. The molecule has 0 spiro atoms. The zero-order valence-electron chi connectivity index (χ0n) is 9.88. The summed E-state index contributed by atoms with van der Waals surface area (Å²) in [5.41, 5.74) is 3.52. The number of benzene rings is 1. The molecule has 0 atom stereocenters. The van der Waals surface area contributed by atoms with E-state index in [1.165, 1.54) is 12.5 Å². The van der Waals surface area contributed by atoms with Crippen LogP contribution in [0.1, 0.15) is 32.0 Å². The topological polar surface area (TPSA) is 59.9 Å². The molecule has 2 aliphatic carbocycles. The lowest BCUT2D eigenvalue weighted by atomic mass is 9.88. The van der Waals surface area contributed by atoms with Gasteiger partial charge in [-0.05, 0) is 11.1 Å². The van der Waals surface area contributed by atoms with Gasteiger partial charge in [-0.25, -0.2) is 9.97 Å². The lowest BCUT2D eigenvalue weighted by molar-refractivity contribution is 0.0987. The van der Waals surface area contributed by atoms with Gasteiger partial charge in [-0.3, -0.25) is 9.59 Å². The molecule has 2 aliphatic rings. The Morgan fingerprint density at radius 3 is 2.74 bits per heavy atom. The summed E-state index contributed by atoms with van der Waals surface area (Å²) in [5, 5.41) is 0. The second kappa shape index (κ2) is 3.45. The average molecular weight is 248 g/mol. The van der Waals surface area contributed by atoms with Crippen LogP contribution in [0.2, 0.25) is 0 Å². The average Bonchev–Trinajstić information content (AvgIpc) is 2.84. The normalized spacial score (nSPS) is 16.2. The second-order valence-electron chi connectivity index (χ2n) is 4.63. The fourth-order valence-electron chi connectivity index (χ4n) is 2.77. The van der Waals surface area contributed by atoms with Crippen molar-refractivity contribution in [2.24, 2.45) is 0 Å². The van der Waals surface area contributed by atoms with Crippen LogP contribution in [-0.4, -0.2) is 21.5 Å². The van der Waals surface area contributed by atoms with E-state index in [0.717, 1.165) is 11.1 Å². The predicted octanol–water partition coefficient (Wildman–Crippen LogP) is 1.87. The van der Waals surface area contributed by atoms with Gasteiger partial charge in [-0.1, -0.05) is 24.3 Å². The molecule has 19 heavy (non-hydrogen) atoms. The number of hydrogen-bond acceptors (Lipinski definition) is 4. The van der Waals surface area contributed by atoms with Crippen LogP contribution >= 0.6 is 0 Å². The standard InChI is InChI=1S/C15H8N2O2/c18-14-11-6-16-7-17-13(11)15(19)10-5-8-3-1-2-4-9(8)12(10)14/h1-4,6-7H,5H2. The van der Waals surface area contributed by atoms with Crippen LogP contribution in [-0.2, 0) is 6.42 Å². The molecule has 90 valence electrons. The molecule has 1 heterocycles. The van der Waals surface area contributed by atoms with Crippen LogP contribution in [0.25, 0.3) is 5.57 Å². The molecule has 4 nitrogen and oxygen atoms in total. The number of ketones is 2. The smallest absolute Gasteiger partial charge is 0.209 e. The highest BCUT2D eigenvalue weighted by atomic mass is 16.1. The molecule has 0 aliphatic heterocycles. The molecule has 1 aromatic carbocycles. The summed E-state index contributed by atoms with van der Waals surface area (Å²) in [7, 11) is 0. The molecular weight excluding hydrogens is 240 g/mol. The van der Waals surface area contributed by atoms with E-state index in [9.17, 15) is 9.59 Å². The molecule has 0 radical (unpaired) electrons. The van der Waals surface area contributed by atoms with Gasteiger partial charge in [0.25, 0.3) is 0 Å². The van der Waals surface area contributed by atoms with E-state index < -0.39 is 0 Å². The molecule has 1 aromatic heterocycles. The van der Waals surface area contributed by atoms with Crippen LogP contribution in [0.4, 0.5) is 0 Å². The zero-order valence-corrected chi connectivity index (χ0v) is 9.88. The number of Topliss-reactive ketones (excluding diaryl/α,β-unsaturated/α-hetero) is 2. The lowest BCUT2D eigenvalue weighted by Crippen LogP contribution is -2.21. The Kier molecular flexibility index (Phi) is 1.87. The summed E-state index contributed by atoms with van der Waals surface area (Å²) in [5.74, 6) is -0.293. The van der Waals surface area contributed by atoms with Crippen molar-refractivity contribution in [1.82, 2.24) is 9.97 Å². The second-order valence-corrected chi connectivity index (χ2v) is 4.63. The van der Waals surface area contributed by atoms with Gasteiger partial charge in [0, 0.05) is 23.8 Å². The third kappa shape index (κ3) is 1.23. The Morgan fingerprint density at radius 1 is 1.00 bits per heavy atom. The van der Waals surface area contributed by atoms with Crippen molar-refractivity contribution in [3.8, 4) is 0 Å². The molecule has 0 saturated heterocycles. The van der Waals surface area contributed by atoms with Crippen LogP contribution < -0.4 is 0 Å². The number of nitrogens with zero attached hydrogens (tertiary/aromatic N) is 2. The predicted molar refractivity (Wildman–Crippen MR) is 67.8 cm³/mol. The van der Waals surface area contributed by atoms with E-state index in [4.69, 9.17) is 0 Å². The van der Waals surface area contributed by atoms with Gasteiger partial charge in [-0.2, -0.15) is 0 Å². The summed E-state index contributed by atoms with van der Waals surface area (Å²) in [6.45, 7) is 0. The zero-order chi connectivity index (χ0) is 13.0. The number of fused-ring (bicyclic) bond motifs is 3. The Balaban J connectivity index is 2.01. The Labute approximate surface area is 108 Å². The highest BCUT2D eigenvalue weighted by Crippen LogP contribution is 2.39. The third-order valence-electron chi connectivity index (χ3n) is 3.63. The van der Waals surface area contributed by atoms with Gasteiger partial charge in [0.05, 0.1) is 5.56 Å². The number of carbonyl (C=O) groups is 2. The Bertz CT molecular complexity index is 790. The molecule has 0 unspecified atom stereocenters. The van der Waals surface area contributed by atoms with Crippen LogP contribution in [0, 0.1) is 0 Å². The Hall–Kier alpha value is -2.62.